The smallest absolute Gasteiger partial charge is 0.409 e. The number of hydrogen-bond acceptors (Lipinski definition) is 3. The zero-order valence-corrected chi connectivity index (χ0v) is 12.1. The number of nitrogens with zero attached hydrogens (tertiary/aromatic N) is 1. The Kier molecular flexibility index (Phi) is 7.09. The van der Waals surface area contributed by atoms with Crippen LogP contribution in [0.4, 0.5) is 4.79 Å². The standard InChI is InChI=1S/C14H28N2O2/c1-4-18-14(17)16-10-7-13(8-11-16)15-9-5-6-12(2)3/h12-13,15H,4-11H2,1-3H3. The molecule has 4 heteroatoms. The Balaban J connectivity index is 2.10. The second-order valence-corrected chi connectivity index (χ2v) is 5.45. The van der Waals surface area contributed by atoms with Gasteiger partial charge in [0, 0.05) is 19.1 Å². The molecule has 0 aromatic heterocycles. The lowest BCUT2D eigenvalue weighted by molar-refractivity contribution is 0.0951. The molecule has 1 rings (SSSR count). The minimum absolute atomic E-state index is 0.157. The third kappa shape index (κ3) is 5.71. The lowest BCUT2D eigenvalue weighted by Gasteiger charge is -2.31. The molecule has 1 saturated heterocycles. The first kappa shape index (κ1) is 15.3. The molecule has 1 N–H and O–H groups in total. The fourth-order valence-electron chi connectivity index (χ4n) is 2.30. The summed E-state index contributed by atoms with van der Waals surface area (Å²) in [5.74, 6) is 0.789. The number of carbonyl (C=O) groups excluding carboxylic acids is 1. The first-order chi connectivity index (χ1) is 8.63. The minimum Gasteiger partial charge on any atom is -0.450 e. The van der Waals surface area contributed by atoms with Crippen LogP contribution in [0, 0.1) is 5.92 Å². The van der Waals surface area contributed by atoms with Crippen LogP contribution in [0.5, 0.6) is 0 Å². The van der Waals surface area contributed by atoms with Crippen molar-refractivity contribution in [3.63, 3.8) is 0 Å². The summed E-state index contributed by atoms with van der Waals surface area (Å²) in [6.45, 7) is 9.58. The predicted molar refractivity (Wildman–Crippen MR) is 73.7 cm³/mol. The highest BCUT2D eigenvalue weighted by Crippen LogP contribution is 2.12. The fourth-order valence-corrected chi connectivity index (χ4v) is 2.30. The summed E-state index contributed by atoms with van der Waals surface area (Å²) in [4.78, 5) is 13.3. The number of amides is 1. The van der Waals surface area contributed by atoms with Gasteiger partial charge in [-0.3, -0.25) is 0 Å². The molecular formula is C14H28N2O2. The van der Waals surface area contributed by atoms with Gasteiger partial charge in [-0.05, 0) is 45.1 Å². The van der Waals surface area contributed by atoms with Gasteiger partial charge in [-0.25, -0.2) is 4.79 Å². The fraction of sp³-hybridized carbons (Fsp3) is 0.929. The van der Waals surface area contributed by atoms with E-state index in [1.54, 1.807) is 0 Å². The summed E-state index contributed by atoms with van der Waals surface area (Å²) < 4.78 is 5.01. The summed E-state index contributed by atoms with van der Waals surface area (Å²) in [5, 5.41) is 3.59. The van der Waals surface area contributed by atoms with E-state index in [1.807, 2.05) is 11.8 Å². The van der Waals surface area contributed by atoms with Crippen LogP contribution in [-0.4, -0.2) is 43.3 Å². The third-order valence-corrected chi connectivity index (χ3v) is 3.41. The van der Waals surface area contributed by atoms with Gasteiger partial charge in [0.05, 0.1) is 6.61 Å². The largest absolute Gasteiger partial charge is 0.450 e. The second-order valence-electron chi connectivity index (χ2n) is 5.45. The van der Waals surface area contributed by atoms with Crippen LogP contribution >= 0.6 is 0 Å². The van der Waals surface area contributed by atoms with Gasteiger partial charge >= 0.3 is 6.09 Å². The molecule has 0 aromatic rings. The molecule has 1 aliphatic rings. The number of piperidine rings is 1. The highest BCUT2D eigenvalue weighted by atomic mass is 16.6. The minimum atomic E-state index is -0.157. The van der Waals surface area contributed by atoms with Crippen molar-refractivity contribution in [3.05, 3.63) is 0 Å². The molecule has 1 heterocycles. The van der Waals surface area contributed by atoms with Crippen LogP contribution in [0.2, 0.25) is 0 Å². The van der Waals surface area contributed by atoms with E-state index in [1.165, 1.54) is 12.8 Å². The van der Waals surface area contributed by atoms with Crippen molar-refractivity contribution in [2.24, 2.45) is 5.92 Å². The van der Waals surface area contributed by atoms with Crippen molar-refractivity contribution in [1.29, 1.82) is 0 Å². The van der Waals surface area contributed by atoms with Crippen LogP contribution in [0.15, 0.2) is 0 Å². The molecule has 18 heavy (non-hydrogen) atoms. The quantitative estimate of drug-likeness (QED) is 0.743. The van der Waals surface area contributed by atoms with Gasteiger partial charge in [-0.2, -0.15) is 0 Å². The first-order valence-corrected chi connectivity index (χ1v) is 7.28. The van der Waals surface area contributed by atoms with Crippen LogP contribution in [-0.2, 0) is 4.74 Å². The third-order valence-electron chi connectivity index (χ3n) is 3.41. The average Bonchev–Trinajstić information content (AvgIpc) is 2.35. The van der Waals surface area contributed by atoms with Crippen LogP contribution in [0.25, 0.3) is 0 Å². The van der Waals surface area contributed by atoms with Gasteiger partial charge in [-0.1, -0.05) is 13.8 Å². The van der Waals surface area contributed by atoms with Gasteiger partial charge in [0.25, 0.3) is 0 Å². The van der Waals surface area contributed by atoms with Crippen molar-refractivity contribution in [3.8, 4) is 0 Å². The summed E-state index contributed by atoms with van der Waals surface area (Å²) in [6, 6.07) is 0.572. The summed E-state index contributed by atoms with van der Waals surface area (Å²) >= 11 is 0. The van der Waals surface area contributed by atoms with Gasteiger partial charge < -0.3 is 15.0 Å². The van der Waals surface area contributed by atoms with Crippen molar-refractivity contribution < 1.29 is 9.53 Å². The number of hydrogen-bond donors (Lipinski definition) is 1. The van der Waals surface area contributed by atoms with E-state index in [4.69, 9.17) is 4.74 Å². The molecule has 1 fully saturated rings. The lowest BCUT2D eigenvalue weighted by Crippen LogP contribution is -2.45. The molecule has 106 valence electrons. The zero-order valence-electron chi connectivity index (χ0n) is 12.1. The van der Waals surface area contributed by atoms with E-state index in [-0.39, 0.29) is 6.09 Å². The Morgan fingerprint density at radius 3 is 2.61 bits per heavy atom. The maximum atomic E-state index is 11.5. The maximum absolute atomic E-state index is 11.5. The maximum Gasteiger partial charge on any atom is 0.409 e. The van der Waals surface area contributed by atoms with Crippen molar-refractivity contribution in [2.45, 2.75) is 52.5 Å². The van der Waals surface area contributed by atoms with E-state index in [2.05, 4.69) is 19.2 Å². The summed E-state index contributed by atoms with van der Waals surface area (Å²) in [7, 11) is 0. The number of ether oxygens (including phenoxy) is 1. The van der Waals surface area contributed by atoms with Crippen molar-refractivity contribution in [1.82, 2.24) is 10.2 Å². The van der Waals surface area contributed by atoms with Crippen LogP contribution in [0.1, 0.15) is 46.5 Å². The zero-order chi connectivity index (χ0) is 13.4. The lowest BCUT2D eigenvalue weighted by atomic mass is 10.0. The molecule has 0 unspecified atom stereocenters. The molecular weight excluding hydrogens is 228 g/mol. The van der Waals surface area contributed by atoms with E-state index in [0.717, 1.165) is 38.4 Å². The average molecular weight is 256 g/mol. The predicted octanol–water partition coefficient (Wildman–Crippen LogP) is 2.63. The molecule has 0 bridgehead atoms. The van der Waals surface area contributed by atoms with E-state index in [9.17, 15) is 4.79 Å². The molecule has 0 atom stereocenters. The Morgan fingerprint density at radius 1 is 1.39 bits per heavy atom. The Labute approximate surface area is 111 Å². The number of carbonyl (C=O) groups is 1. The SMILES string of the molecule is CCOC(=O)N1CCC(NCCCC(C)C)CC1. The van der Waals surface area contributed by atoms with Gasteiger partial charge in [-0.15, -0.1) is 0 Å². The van der Waals surface area contributed by atoms with Crippen molar-refractivity contribution in [2.75, 3.05) is 26.2 Å². The van der Waals surface area contributed by atoms with E-state index in [0.29, 0.717) is 12.6 Å². The molecule has 4 nitrogen and oxygen atoms in total. The van der Waals surface area contributed by atoms with Gasteiger partial charge in [0.15, 0.2) is 0 Å². The molecule has 0 saturated carbocycles. The molecule has 0 spiro atoms. The highest BCUT2D eigenvalue weighted by Gasteiger charge is 2.22. The van der Waals surface area contributed by atoms with E-state index < -0.39 is 0 Å². The second kappa shape index (κ2) is 8.35. The number of rotatable bonds is 6. The summed E-state index contributed by atoms with van der Waals surface area (Å²) in [5.41, 5.74) is 0. The molecule has 0 radical (unpaired) electrons. The van der Waals surface area contributed by atoms with Gasteiger partial charge in [0.2, 0.25) is 0 Å². The Bertz CT molecular complexity index is 236. The monoisotopic (exact) mass is 256 g/mol. The number of nitrogens with one attached hydrogen (secondary N) is 1. The first-order valence-electron chi connectivity index (χ1n) is 7.28. The molecule has 1 amide bonds. The number of likely N-dealkylation sites (tertiary alicyclic amines) is 1. The molecule has 1 aliphatic heterocycles. The van der Waals surface area contributed by atoms with Crippen LogP contribution in [0.3, 0.4) is 0 Å². The topological polar surface area (TPSA) is 41.6 Å². The molecule has 0 aliphatic carbocycles. The van der Waals surface area contributed by atoms with Crippen molar-refractivity contribution >= 4 is 6.09 Å². The molecule has 0 aromatic carbocycles. The highest BCUT2D eigenvalue weighted by molar-refractivity contribution is 5.67. The normalized spacial score (nSPS) is 17.2. The van der Waals surface area contributed by atoms with Gasteiger partial charge in [0.1, 0.15) is 0 Å². The van der Waals surface area contributed by atoms with E-state index >= 15 is 0 Å². The Morgan fingerprint density at radius 2 is 2.06 bits per heavy atom. The van der Waals surface area contributed by atoms with Crippen LogP contribution < -0.4 is 5.32 Å². The Hall–Kier alpha value is -0.770. The summed E-state index contributed by atoms with van der Waals surface area (Å²) in [6.07, 6.45) is 4.46.